The molecule has 0 aliphatic heterocycles. The Bertz CT molecular complexity index is 432. The molecule has 0 aromatic heterocycles. The molecule has 1 amide bonds. The fraction of sp³-hybridized carbons (Fsp3) is 0.562. The van der Waals surface area contributed by atoms with Crippen molar-refractivity contribution in [2.75, 3.05) is 32.1 Å². The van der Waals surface area contributed by atoms with E-state index in [0.717, 1.165) is 31.5 Å². The molecule has 0 radical (unpaired) electrons. The zero-order valence-corrected chi connectivity index (χ0v) is 12.8. The first-order valence-electron chi connectivity index (χ1n) is 7.19. The Kier molecular flexibility index (Phi) is 7.26. The maximum absolute atomic E-state index is 11.9. The highest BCUT2D eigenvalue weighted by molar-refractivity contribution is 5.92. The summed E-state index contributed by atoms with van der Waals surface area (Å²) in [6.07, 6.45) is 2.84. The molecular formula is C16H26N2O2. The van der Waals surface area contributed by atoms with Crippen LogP contribution in [0, 0.1) is 13.8 Å². The highest BCUT2D eigenvalue weighted by Crippen LogP contribution is 2.14. The van der Waals surface area contributed by atoms with Crippen molar-refractivity contribution in [3.8, 4) is 0 Å². The molecular weight excluding hydrogens is 252 g/mol. The number of likely N-dealkylation sites (N-methyl/N-ethyl adjacent to an activating group) is 1. The lowest BCUT2D eigenvalue weighted by molar-refractivity contribution is -0.117. The van der Waals surface area contributed by atoms with E-state index in [1.165, 1.54) is 11.1 Å². The lowest BCUT2D eigenvalue weighted by Gasteiger charge is -2.16. The Hall–Kier alpha value is -1.39. The zero-order chi connectivity index (χ0) is 15.0. The van der Waals surface area contributed by atoms with Crippen LogP contribution >= 0.6 is 0 Å². The summed E-state index contributed by atoms with van der Waals surface area (Å²) in [5.74, 6) is 0.0120. The topological polar surface area (TPSA) is 52.6 Å². The first-order chi connectivity index (χ1) is 9.52. The lowest BCUT2D eigenvalue weighted by Crippen LogP contribution is -2.30. The first-order valence-corrected chi connectivity index (χ1v) is 7.19. The van der Waals surface area contributed by atoms with Crippen LogP contribution in [0.4, 0.5) is 5.69 Å². The van der Waals surface area contributed by atoms with Gasteiger partial charge in [-0.05, 0) is 70.0 Å². The van der Waals surface area contributed by atoms with Gasteiger partial charge in [-0.25, -0.2) is 0 Å². The van der Waals surface area contributed by atoms with Crippen molar-refractivity contribution in [3.63, 3.8) is 0 Å². The second-order valence-corrected chi connectivity index (χ2v) is 5.37. The number of hydrogen-bond acceptors (Lipinski definition) is 3. The molecule has 0 saturated heterocycles. The van der Waals surface area contributed by atoms with Gasteiger partial charge in [0.25, 0.3) is 0 Å². The van der Waals surface area contributed by atoms with E-state index in [9.17, 15) is 4.79 Å². The second-order valence-electron chi connectivity index (χ2n) is 5.37. The first kappa shape index (κ1) is 16.7. The van der Waals surface area contributed by atoms with E-state index in [-0.39, 0.29) is 12.5 Å². The Balaban J connectivity index is 2.33. The number of aliphatic hydroxyl groups excluding tert-OH is 1. The van der Waals surface area contributed by atoms with E-state index < -0.39 is 0 Å². The summed E-state index contributed by atoms with van der Waals surface area (Å²) in [6.45, 7) is 5.61. The van der Waals surface area contributed by atoms with Crippen molar-refractivity contribution in [1.29, 1.82) is 0 Å². The lowest BCUT2D eigenvalue weighted by atomic mass is 10.1. The number of aryl methyl sites for hydroxylation is 2. The van der Waals surface area contributed by atoms with Gasteiger partial charge in [0.05, 0.1) is 6.54 Å². The third-order valence-electron chi connectivity index (χ3n) is 3.40. The molecule has 0 saturated carbocycles. The van der Waals surface area contributed by atoms with E-state index in [2.05, 4.69) is 12.2 Å². The number of nitrogens with zero attached hydrogens (tertiary/aromatic N) is 1. The summed E-state index contributed by atoms with van der Waals surface area (Å²) in [6, 6.07) is 5.94. The van der Waals surface area contributed by atoms with Crippen molar-refractivity contribution in [3.05, 3.63) is 29.3 Å². The Morgan fingerprint density at radius 1 is 1.20 bits per heavy atom. The van der Waals surface area contributed by atoms with Gasteiger partial charge in [-0.3, -0.25) is 9.69 Å². The van der Waals surface area contributed by atoms with Crippen molar-refractivity contribution < 1.29 is 9.90 Å². The Morgan fingerprint density at radius 2 is 1.95 bits per heavy atom. The van der Waals surface area contributed by atoms with Gasteiger partial charge in [-0.1, -0.05) is 6.07 Å². The molecule has 0 bridgehead atoms. The van der Waals surface area contributed by atoms with Gasteiger partial charge in [0, 0.05) is 12.3 Å². The number of rotatable bonds is 8. The maximum atomic E-state index is 11.9. The molecule has 0 heterocycles. The summed E-state index contributed by atoms with van der Waals surface area (Å²) < 4.78 is 0. The van der Waals surface area contributed by atoms with Crippen LogP contribution in [0.2, 0.25) is 0 Å². The van der Waals surface area contributed by atoms with Gasteiger partial charge >= 0.3 is 0 Å². The largest absolute Gasteiger partial charge is 0.396 e. The molecule has 2 N–H and O–H groups in total. The van der Waals surface area contributed by atoms with Crippen LogP contribution in [0.25, 0.3) is 0 Å². The van der Waals surface area contributed by atoms with Crippen molar-refractivity contribution >= 4 is 11.6 Å². The van der Waals surface area contributed by atoms with Gasteiger partial charge in [0.1, 0.15) is 0 Å². The number of carbonyl (C=O) groups is 1. The van der Waals surface area contributed by atoms with Crippen LogP contribution in [0.5, 0.6) is 0 Å². The van der Waals surface area contributed by atoms with Gasteiger partial charge in [-0.15, -0.1) is 0 Å². The second kappa shape index (κ2) is 8.72. The quantitative estimate of drug-likeness (QED) is 0.718. The molecule has 112 valence electrons. The molecule has 1 aromatic rings. The van der Waals surface area contributed by atoms with Crippen LogP contribution in [-0.2, 0) is 4.79 Å². The van der Waals surface area contributed by atoms with Gasteiger partial charge < -0.3 is 10.4 Å². The number of hydrogen-bond donors (Lipinski definition) is 2. The molecule has 0 unspecified atom stereocenters. The van der Waals surface area contributed by atoms with E-state index in [4.69, 9.17) is 5.11 Å². The third-order valence-corrected chi connectivity index (χ3v) is 3.40. The minimum absolute atomic E-state index is 0.0120. The normalized spacial score (nSPS) is 10.8. The number of nitrogens with one attached hydrogen (secondary N) is 1. The maximum Gasteiger partial charge on any atom is 0.238 e. The molecule has 4 nitrogen and oxygen atoms in total. The summed E-state index contributed by atoms with van der Waals surface area (Å²) in [7, 11) is 1.94. The summed E-state index contributed by atoms with van der Waals surface area (Å²) >= 11 is 0. The van der Waals surface area contributed by atoms with Gasteiger partial charge in [-0.2, -0.15) is 0 Å². The number of anilines is 1. The molecule has 0 fully saturated rings. The standard InChI is InChI=1S/C16H26N2O2/c1-13-7-8-15(11-14(13)2)17-16(20)12-18(3)9-5-4-6-10-19/h7-8,11,19H,4-6,9-10,12H2,1-3H3,(H,17,20). The molecule has 0 aliphatic carbocycles. The monoisotopic (exact) mass is 278 g/mol. The SMILES string of the molecule is Cc1ccc(NC(=O)CN(C)CCCCCO)cc1C. The summed E-state index contributed by atoms with van der Waals surface area (Å²) in [5.41, 5.74) is 3.26. The molecule has 0 aliphatic rings. The number of carbonyl (C=O) groups excluding carboxylic acids is 1. The van der Waals surface area contributed by atoms with Crippen LogP contribution in [-0.4, -0.2) is 42.7 Å². The number of benzene rings is 1. The molecule has 0 spiro atoms. The van der Waals surface area contributed by atoms with E-state index in [1.807, 2.05) is 37.1 Å². The molecule has 0 atom stereocenters. The average Bonchev–Trinajstić information content (AvgIpc) is 2.39. The van der Waals surface area contributed by atoms with Crippen molar-refractivity contribution in [1.82, 2.24) is 4.90 Å². The van der Waals surface area contributed by atoms with Crippen molar-refractivity contribution in [2.24, 2.45) is 0 Å². The van der Waals surface area contributed by atoms with Gasteiger partial charge in [0.2, 0.25) is 5.91 Å². The highest BCUT2D eigenvalue weighted by Gasteiger charge is 2.07. The third kappa shape index (κ3) is 6.17. The molecule has 1 rings (SSSR count). The number of unbranched alkanes of at least 4 members (excludes halogenated alkanes) is 2. The number of aliphatic hydroxyl groups is 1. The summed E-state index contributed by atoms with van der Waals surface area (Å²) in [5, 5.41) is 11.6. The smallest absolute Gasteiger partial charge is 0.238 e. The van der Waals surface area contributed by atoms with Crippen LogP contribution < -0.4 is 5.32 Å². The zero-order valence-electron chi connectivity index (χ0n) is 12.8. The average molecular weight is 278 g/mol. The Labute approximate surface area is 121 Å². The Morgan fingerprint density at radius 3 is 2.60 bits per heavy atom. The van der Waals surface area contributed by atoms with Crippen LogP contribution in [0.15, 0.2) is 18.2 Å². The minimum Gasteiger partial charge on any atom is -0.396 e. The molecule has 4 heteroatoms. The predicted octanol–water partition coefficient (Wildman–Crippen LogP) is 2.34. The number of amides is 1. The van der Waals surface area contributed by atoms with E-state index in [0.29, 0.717) is 6.54 Å². The van der Waals surface area contributed by atoms with E-state index in [1.54, 1.807) is 0 Å². The fourth-order valence-corrected chi connectivity index (χ4v) is 2.01. The fourth-order valence-electron chi connectivity index (χ4n) is 2.01. The molecule has 20 heavy (non-hydrogen) atoms. The van der Waals surface area contributed by atoms with Crippen LogP contribution in [0.1, 0.15) is 30.4 Å². The van der Waals surface area contributed by atoms with Crippen LogP contribution in [0.3, 0.4) is 0 Å². The highest BCUT2D eigenvalue weighted by atomic mass is 16.2. The van der Waals surface area contributed by atoms with E-state index >= 15 is 0 Å². The van der Waals surface area contributed by atoms with Gasteiger partial charge in [0.15, 0.2) is 0 Å². The molecule has 1 aromatic carbocycles. The predicted molar refractivity (Wildman–Crippen MR) is 83.0 cm³/mol. The minimum atomic E-state index is 0.0120. The summed E-state index contributed by atoms with van der Waals surface area (Å²) in [4.78, 5) is 13.9. The van der Waals surface area contributed by atoms with Crippen molar-refractivity contribution in [2.45, 2.75) is 33.1 Å².